The Hall–Kier alpha value is -1.61. The number of aryl methyl sites for hydroxylation is 1. The van der Waals surface area contributed by atoms with Gasteiger partial charge in [-0.3, -0.25) is 0 Å². The number of hydrogen-bond donors (Lipinski definition) is 0. The molecule has 0 bridgehead atoms. The van der Waals surface area contributed by atoms with Gasteiger partial charge < -0.3 is 4.74 Å². The fourth-order valence-corrected chi connectivity index (χ4v) is 2.40. The molecule has 0 amide bonds. The molecule has 0 aliphatic rings. The fraction of sp³-hybridized carbons (Fsp3) is 0.278. The van der Waals surface area contributed by atoms with Gasteiger partial charge in [-0.15, -0.1) is 0 Å². The molecule has 2 aromatic carbocycles. The lowest BCUT2D eigenvalue weighted by Gasteiger charge is -2.21. The molecule has 21 heavy (non-hydrogen) atoms. The summed E-state index contributed by atoms with van der Waals surface area (Å²) in [5, 5.41) is 0. The van der Waals surface area contributed by atoms with Gasteiger partial charge in [0.1, 0.15) is 5.60 Å². The highest BCUT2D eigenvalue weighted by atomic mass is 79.9. The van der Waals surface area contributed by atoms with E-state index in [2.05, 4.69) is 15.9 Å². The number of carbonyl (C=O) groups is 1. The second-order valence-electron chi connectivity index (χ2n) is 6.01. The van der Waals surface area contributed by atoms with E-state index in [-0.39, 0.29) is 5.97 Å². The fourth-order valence-electron chi connectivity index (χ4n) is 2.14. The molecular weight excluding hydrogens is 328 g/mol. The van der Waals surface area contributed by atoms with Gasteiger partial charge in [0.2, 0.25) is 0 Å². The third-order valence-electron chi connectivity index (χ3n) is 3.03. The molecule has 0 fully saturated rings. The Morgan fingerprint density at radius 1 is 1.05 bits per heavy atom. The van der Waals surface area contributed by atoms with Gasteiger partial charge in [-0.2, -0.15) is 0 Å². The minimum Gasteiger partial charge on any atom is -0.456 e. The lowest BCUT2D eigenvalue weighted by molar-refractivity contribution is 0.00697. The smallest absolute Gasteiger partial charge is 0.339 e. The Bertz CT molecular complexity index is 652. The summed E-state index contributed by atoms with van der Waals surface area (Å²) in [6.45, 7) is 7.56. The Balaban J connectivity index is 2.50. The SMILES string of the molecule is Cc1cccc(-c2ccc(Br)cc2)c1C(=O)OC(C)(C)C. The second kappa shape index (κ2) is 6.02. The zero-order valence-electron chi connectivity index (χ0n) is 12.7. The van der Waals surface area contributed by atoms with Crippen LogP contribution >= 0.6 is 15.9 Å². The van der Waals surface area contributed by atoms with Crippen molar-refractivity contribution >= 4 is 21.9 Å². The first kappa shape index (κ1) is 15.8. The number of carbonyl (C=O) groups excluding carboxylic acids is 1. The molecule has 0 N–H and O–H groups in total. The summed E-state index contributed by atoms with van der Waals surface area (Å²) in [7, 11) is 0. The zero-order valence-corrected chi connectivity index (χ0v) is 14.3. The molecule has 0 aliphatic heterocycles. The van der Waals surface area contributed by atoms with Crippen LogP contribution in [0.3, 0.4) is 0 Å². The van der Waals surface area contributed by atoms with E-state index in [9.17, 15) is 4.79 Å². The molecule has 0 heterocycles. The largest absolute Gasteiger partial charge is 0.456 e. The van der Waals surface area contributed by atoms with Crippen molar-refractivity contribution in [1.82, 2.24) is 0 Å². The van der Waals surface area contributed by atoms with Crippen LogP contribution in [-0.2, 0) is 4.74 Å². The van der Waals surface area contributed by atoms with Crippen molar-refractivity contribution in [2.24, 2.45) is 0 Å². The van der Waals surface area contributed by atoms with Crippen molar-refractivity contribution in [2.75, 3.05) is 0 Å². The van der Waals surface area contributed by atoms with Crippen LogP contribution in [-0.4, -0.2) is 11.6 Å². The minimum absolute atomic E-state index is 0.279. The molecule has 0 unspecified atom stereocenters. The van der Waals surface area contributed by atoms with E-state index in [1.807, 2.05) is 70.2 Å². The van der Waals surface area contributed by atoms with Gasteiger partial charge in [-0.25, -0.2) is 4.79 Å². The van der Waals surface area contributed by atoms with E-state index in [0.29, 0.717) is 5.56 Å². The number of hydrogen-bond acceptors (Lipinski definition) is 2. The quantitative estimate of drug-likeness (QED) is 0.682. The van der Waals surface area contributed by atoms with Crippen molar-refractivity contribution in [3.8, 4) is 11.1 Å². The molecule has 0 aromatic heterocycles. The van der Waals surface area contributed by atoms with Gasteiger partial charge in [0.05, 0.1) is 5.56 Å². The summed E-state index contributed by atoms with van der Waals surface area (Å²) in [6, 6.07) is 13.8. The Labute approximate surface area is 134 Å². The first-order chi connectivity index (χ1) is 9.78. The van der Waals surface area contributed by atoms with Crippen molar-refractivity contribution in [3.63, 3.8) is 0 Å². The molecule has 2 nitrogen and oxygen atoms in total. The molecule has 2 rings (SSSR count). The van der Waals surface area contributed by atoms with E-state index in [4.69, 9.17) is 4.74 Å². The minimum atomic E-state index is -0.504. The van der Waals surface area contributed by atoms with Crippen LogP contribution in [0.1, 0.15) is 36.7 Å². The normalized spacial score (nSPS) is 11.3. The van der Waals surface area contributed by atoms with Crippen LogP contribution in [0.2, 0.25) is 0 Å². The molecule has 2 aromatic rings. The van der Waals surface area contributed by atoms with Gasteiger partial charge in [-0.1, -0.05) is 46.3 Å². The Morgan fingerprint density at radius 3 is 2.24 bits per heavy atom. The van der Waals surface area contributed by atoms with E-state index < -0.39 is 5.60 Å². The van der Waals surface area contributed by atoms with E-state index in [1.165, 1.54) is 0 Å². The third kappa shape index (κ3) is 3.94. The van der Waals surface area contributed by atoms with Crippen LogP contribution in [0.15, 0.2) is 46.9 Å². The molecule has 0 saturated heterocycles. The maximum atomic E-state index is 12.5. The number of benzene rings is 2. The molecule has 0 radical (unpaired) electrons. The molecule has 0 atom stereocenters. The summed E-state index contributed by atoms with van der Waals surface area (Å²) < 4.78 is 6.55. The average molecular weight is 347 g/mol. The molecule has 110 valence electrons. The first-order valence-electron chi connectivity index (χ1n) is 6.87. The lowest BCUT2D eigenvalue weighted by Crippen LogP contribution is -2.24. The number of rotatable bonds is 2. The van der Waals surface area contributed by atoms with Crippen molar-refractivity contribution in [3.05, 3.63) is 58.1 Å². The van der Waals surface area contributed by atoms with Gasteiger partial charge in [0.15, 0.2) is 0 Å². The average Bonchev–Trinajstić information content (AvgIpc) is 2.37. The van der Waals surface area contributed by atoms with Crippen LogP contribution in [0.4, 0.5) is 0 Å². The molecule has 0 spiro atoms. The topological polar surface area (TPSA) is 26.3 Å². The summed E-state index contributed by atoms with van der Waals surface area (Å²) in [6.07, 6.45) is 0. The number of ether oxygens (including phenoxy) is 1. The van der Waals surface area contributed by atoms with Crippen molar-refractivity contribution < 1.29 is 9.53 Å². The predicted molar refractivity (Wildman–Crippen MR) is 89.5 cm³/mol. The Morgan fingerprint density at radius 2 is 1.67 bits per heavy atom. The van der Waals surface area contributed by atoms with Crippen LogP contribution < -0.4 is 0 Å². The highest BCUT2D eigenvalue weighted by Gasteiger charge is 2.22. The predicted octanol–water partition coefficient (Wildman–Crippen LogP) is 5.38. The van der Waals surface area contributed by atoms with Crippen LogP contribution in [0.5, 0.6) is 0 Å². The van der Waals surface area contributed by atoms with Crippen molar-refractivity contribution in [2.45, 2.75) is 33.3 Å². The highest BCUT2D eigenvalue weighted by Crippen LogP contribution is 2.29. The summed E-state index contributed by atoms with van der Waals surface area (Å²) in [4.78, 5) is 12.5. The van der Waals surface area contributed by atoms with Crippen LogP contribution in [0.25, 0.3) is 11.1 Å². The third-order valence-corrected chi connectivity index (χ3v) is 3.56. The van der Waals surface area contributed by atoms with Crippen LogP contribution in [0, 0.1) is 6.92 Å². The maximum Gasteiger partial charge on any atom is 0.339 e. The molecule has 0 saturated carbocycles. The summed E-state index contributed by atoms with van der Waals surface area (Å²) in [5.41, 5.74) is 2.95. The first-order valence-corrected chi connectivity index (χ1v) is 7.66. The molecular formula is C18H19BrO2. The number of halogens is 1. The Kier molecular flexibility index (Phi) is 4.52. The summed E-state index contributed by atoms with van der Waals surface area (Å²) in [5.74, 6) is -0.279. The van der Waals surface area contributed by atoms with Crippen molar-refractivity contribution in [1.29, 1.82) is 0 Å². The zero-order chi connectivity index (χ0) is 15.6. The van der Waals surface area contributed by atoms with Gasteiger partial charge in [-0.05, 0) is 56.5 Å². The standard InChI is InChI=1S/C18H19BrO2/c1-12-6-5-7-15(13-8-10-14(19)11-9-13)16(12)17(20)21-18(2,3)4/h5-11H,1-4H3. The monoisotopic (exact) mass is 346 g/mol. The molecule has 3 heteroatoms. The van der Waals surface area contributed by atoms with E-state index >= 15 is 0 Å². The van der Waals surface area contributed by atoms with Gasteiger partial charge >= 0.3 is 5.97 Å². The second-order valence-corrected chi connectivity index (χ2v) is 6.92. The maximum absolute atomic E-state index is 12.5. The van der Waals surface area contributed by atoms with E-state index in [1.54, 1.807) is 0 Å². The molecule has 0 aliphatic carbocycles. The highest BCUT2D eigenvalue weighted by molar-refractivity contribution is 9.10. The van der Waals surface area contributed by atoms with E-state index in [0.717, 1.165) is 21.2 Å². The summed E-state index contributed by atoms with van der Waals surface area (Å²) >= 11 is 3.43. The van der Waals surface area contributed by atoms with Gasteiger partial charge in [0, 0.05) is 4.47 Å². The lowest BCUT2D eigenvalue weighted by atomic mass is 9.96. The number of esters is 1. The van der Waals surface area contributed by atoms with Gasteiger partial charge in [0.25, 0.3) is 0 Å².